The number of methoxy groups -OCH3 is 2. The van der Waals surface area contributed by atoms with Gasteiger partial charge in [0.15, 0.2) is 0 Å². The summed E-state index contributed by atoms with van der Waals surface area (Å²) in [7, 11) is -1.36. The Balaban J connectivity index is 1.88. The lowest BCUT2D eigenvalue weighted by atomic mass is 10.2. The maximum atomic E-state index is 13.4. The van der Waals surface area contributed by atoms with Crippen molar-refractivity contribution in [1.29, 1.82) is 0 Å². The van der Waals surface area contributed by atoms with E-state index in [1.807, 2.05) is 0 Å². The molecule has 1 N–H and O–H groups in total. The van der Waals surface area contributed by atoms with Crippen LogP contribution in [-0.4, -0.2) is 46.2 Å². The zero-order valence-corrected chi connectivity index (χ0v) is 19.6. The highest BCUT2D eigenvalue weighted by molar-refractivity contribution is 7.92. The number of amides is 1. The minimum Gasteiger partial charge on any atom is -0.496 e. The quantitative estimate of drug-likeness (QED) is 0.257. The SMILES string of the molecule is COc1ccc([N+](=O)[O-])cc1/C=N/NC(=O)CN(c1ccccc1OC)S(=O)(=O)c1ccccc1. The number of hydrogen-bond acceptors (Lipinski definition) is 8. The molecule has 0 unspecified atom stereocenters. The van der Waals surface area contributed by atoms with Gasteiger partial charge in [-0.25, -0.2) is 13.8 Å². The number of hydrazone groups is 1. The molecule has 0 saturated carbocycles. The van der Waals surface area contributed by atoms with E-state index in [4.69, 9.17) is 9.47 Å². The van der Waals surface area contributed by atoms with Gasteiger partial charge in [0.2, 0.25) is 0 Å². The van der Waals surface area contributed by atoms with Crippen LogP contribution in [0.1, 0.15) is 5.56 Å². The molecular formula is C23H22N4O7S. The second kappa shape index (κ2) is 11.1. The van der Waals surface area contributed by atoms with Crippen LogP contribution >= 0.6 is 0 Å². The zero-order chi connectivity index (χ0) is 25.4. The second-order valence-electron chi connectivity index (χ2n) is 6.97. The molecule has 3 aromatic carbocycles. The Morgan fingerprint density at radius 2 is 1.69 bits per heavy atom. The van der Waals surface area contributed by atoms with Gasteiger partial charge in [-0.2, -0.15) is 5.10 Å². The van der Waals surface area contributed by atoms with Gasteiger partial charge in [0.25, 0.3) is 21.6 Å². The number of carbonyl (C=O) groups is 1. The van der Waals surface area contributed by atoms with E-state index in [-0.39, 0.29) is 27.6 Å². The monoisotopic (exact) mass is 498 g/mol. The van der Waals surface area contributed by atoms with Crippen LogP contribution in [0.5, 0.6) is 11.5 Å². The smallest absolute Gasteiger partial charge is 0.270 e. The van der Waals surface area contributed by atoms with E-state index in [1.165, 1.54) is 56.8 Å². The number of anilines is 1. The molecule has 0 aliphatic heterocycles. The van der Waals surface area contributed by atoms with E-state index in [0.717, 1.165) is 4.31 Å². The topological polar surface area (TPSA) is 140 Å². The summed E-state index contributed by atoms with van der Waals surface area (Å²) in [4.78, 5) is 23.2. The maximum absolute atomic E-state index is 13.4. The third-order valence-corrected chi connectivity index (χ3v) is 6.56. The Morgan fingerprint density at radius 3 is 2.34 bits per heavy atom. The number of ether oxygens (including phenoxy) is 2. The first-order valence-electron chi connectivity index (χ1n) is 10.1. The Kier molecular flexibility index (Phi) is 8.00. The number of nitrogens with one attached hydrogen (secondary N) is 1. The molecule has 0 aliphatic rings. The molecule has 0 aromatic heterocycles. The summed E-state index contributed by atoms with van der Waals surface area (Å²) in [6.07, 6.45) is 1.17. The zero-order valence-electron chi connectivity index (χ0n) is 18.8. The molecule has 3 rings (SSSR count). The van der Waals surface area contributed by atoms with Gasteiger partial charge in [-0.15, -0.1) is 0 Å². The lowest BCUT2D eigenvalue weighted by Crippen LogP contribution is -2.39. The van der Waals surface area contributed by atoms with Crippen LogP contribution in [-0.2, 0) is 14.8 Å². The predicted octanol–water partition coefficient (Wildman–Crippen LogP) is 2.96. The molecule has 182 valence electrons. The molecule has 12 heteroatoms. The molecule has 11 nitrogen and oxygen atoms in total. The van der Waals surface area contributed by atoms with Gasteiger partial charge in [-0.1, -0.05) is 30.3 Å². The average molecular weight is 499 g/mol. The number of para-hydroxylation sites is 2. The summed E-state index contributed by atoms with van der Waals surface area (Å²) in [5, 5.41) is 14.8. The Hall–Kier alpha value is -4.45. The number of rotatable bonds is 10. The summed E-state index contributed by atoms with van der Waals surface area (Å²) in [5.41, 5.74) is 2.48. The van der Waals surface area contributed by atoms with Crippen molar-refractivity contribution in [2.45, 2.75) is 4.90 Å². The van der Waals surface area contributed by atoms with Crippen molar-refractivity contribution in [3.05, 3.63) is 88.5 Å². The van der Waals surface area contributed by atoms with E-state index in [0.29, 0.717) is 5.75 Å². The molecule has 0 spiro atoms. The number of nitro groups is 1. The lowest BCUT2D eigenvalue weighted by Gasteiger charge is -2.25. The minimum atomic E-state index is -4.14. The summed E-state index contributed by atoms with van der Waals surface area (Å²) >= 11 is 0. The van der Waals surface area contributed by atoms with Crippen molar-refractivity contribution in [1.82, 2.24) is 5.43 Å². The number of nitrogens with zero attached hydrogens (tertiary/aromatic N) is 3. The number of hydrogen-bond donors (Lipinski definition) is 1. The second-order valence-corrected chi connectivity index (χ2v) is 8.84. The van der Waals surface area contributed by atoms with Gasteiger partial charge in [0.05, 0.1) is 35.9 Å². The number of benzene rings is 3. The van der Waals surface area contributed by atoms with Crippen LogP contribution in [0, 0.1) is 10.1 Å². The summed E-state index contributed by atoms with van der Waals surface area (Å²) in [6.45, 7) is -0.610. The molecule has 0 bridgehead atoms. The Bertz CT molecular complexity index is 1340. The standard InChI is InChI=1S/C23H22N4O7S/c1-33-21-13-12-18(27(29)30)14-17(21)15-24-25-23(28)16-26(20-10-6-7-11-22(20)34-2)35(31,32)19-8-4-3-5-9-19/h3-15H,16H2,1-2H3,(H,25,28)/b24-15+. The van der Waals surface area contributed by atoms with Crippen LogP contribution in [0.25, 0.3) is 0 Å². The third-order valence-electron chi connectivity index (χ3n) is 4.79. The molecule has 1 amide bonds. The third kappa shape index (κ3) is 5.92. The first kappa shape index (κ1) is 25.2. The largest absolute Gasteiger partial charge is 0.496 e. The fourth-order valence-corrected chi connectivity index (χ4v) is 4.58. The van der Waals surface area contributed by atoms with Crippen LogP contribution in [0.2, 0.25) is 0 Å². The first-order valence-corrected chi connectivity index (χ1v) is 11.6. The highest BCUT2D eigenvalue weighted by atomic mass is 32.2. The van der Waals surface area contributed by atoms with Crippen molar-refractivity contribution in [3.8, 4) is 11.5 Å². The molecule has 0 radical (unpaired) electrons. The minimum absolute atomic E-state index is 0.0106. The van der Waals surface area contributed by atoms with E-state index in [2.05, 4.69) is 10.5 Å². The molecule has 0 fully saturated rings. The first-order chi connectivity index (χ1) is 16.8. The van der Waals surface area contributed by atoms with Crippen LogP contribution in [0.3, 0.4) is 0 Å². The number of nitro benzene ring substituents is 1. The van der Waals surface area contributed by atoms with Crippen molar-refractivity contribution in [2.75, 3.05) is 25.1 Å². The highest BCUT2D eigenvalue weighted by Crippen LogP contribution is 2.32. The van der Waals surface area contributed by atoms with Gasteiger partial charge >= 0.3 is 0 Å². The fraction of sp³-hybridized carbons (Fsp3) is 0.130. The molecule has 35 heavy (non-hydrogen) atoms. The van der Waals surface area contributed by atoms with Gasteiger partial charge in [-0.05, 0) is 30.3 Å². The normalized spacial score (nSPS) is 11.1. The van der Waals surface area contributed by atoms with Crippen molar-refractivity contribution in [2.24, 2.45) is 5.10 Å². The molecule has 0 atom stereocenters. The average Bonchev–Trinajstić information content (AvgIpc) is 2.87. The predicted molar refractivity (Wildman–Crippen MR) is 129 cm³/mol. The van der Waals surface area contributed by atoms with E-state index in [9.17, 15) is 23.3 Å². The van der Waals surface area contributed by atoms with E-state index in [1.54, 1.807) is 36.4 Å². The van der Waals surface area contributed by atoms with Crippen LogP contribution in [0.15, 0.2) is 82.8 Å². The number of carbonyl (C=O) groups excluding carboxylic acids is 1. The fourth-order valence-electron chi connectivity index (χ4n) is 3.13. The highest BCUT2D eigenvalue weighted by Gasteiger charge is 2.29. The van der Waals surface area contributed by atoms with Crippen LogP contribution in [0.4, 0.5) is 11.4 Å². The van der Waals surface area contributed by atoms with E-state index >= 15 is 0 Å². The molecule has 3 aromatic rings. The Morgan fingerprint density at radius 1 is 1.03 bits per heavy atom. The molecular weight excluding hydrogens is 476 g/mol. The van der Waals surface area contributed by atoms with Gasteiger partial charge in [0.1, 0.15) is 18.0 Å². The van der Waals surface area contributed by atoms with Crippen molar-refractivity contribution in [3.63, 3.8) is 0 Å². The number of non-ortho nitro benzene ring substituents is 1. The molecule has 0 aliphatic carbocycles. The van der Waals surface area contributed by atoms with E-state index < -0.39 is 27.4 Å². The van der Waals surface area contributed by atoms with Gasteiger partial charge in [0, 0.05) is 17.7 Å². The summed E-state index contributed by atoms with van der Waals surface area (Å²) in [5.74, 6) is -0.198. The maximum Gasteiger partial charge on any atom is 0.270 e. The Labute approximate surface area is 201 Å². The van der Waals surface area contributed by atoms with Gasteiger partial charge in [-0.3, -0.25) is 19.2 Å². The van der Waals surface area contributed by atoms with Gasteiger partial charge < -0.3 is 9.47 Å². The molecule has 0 heterocycles. The lowest BCUT2D eigenvalue weighted by molar-refractivity contribution is -0.384. The van der Waals surface area contributed by atoms with Crippen molar-refractivity contribution < 1.29 is 27.6 Å². The van der Waals surface area contributed by atoms with Crippen molar-refractivity contribution >= 4 is 33.5 Å². The number of sulfonamides is 1. The molecule has 0 saturated heterocycles. The summed E-state index contributed by atoms with van der Waals surface area (Å²) in [6, 6.07) is 18.0. The summed E-state index contributed by atoms with van der Waals surface area (Å²) < 4.78 is 38.1. The van der Waals surface area contributed by atoms with Crippen LogP contribution < -0.4 is 19.2 Å².